The summed E-state index contributed by atoms with van der Waals surface area (Å²) >= 11 is 0. The highest BCUT2D eigenvalue weighted by atomic mass is 15.0. The quantitative estimate of drug-likeness (QED) is 0.163. The molecular formula is C54H42N4. The van der Waals surface area contributed by atoms with E-state index in [0.717, 1.165) is 44.9 Å². The van der Waals surface area contributed by atoms with Crippen LogP contribution >= 0.6 is 0 Å². The molecule has 7 aromatic carbocycles. The molecule has 1 aromatic heterocycles. The zero-order chi connectivity index (χ0) is 38.7. The molecule has 0 spiro atoms. The van der Waals surface area contributed by atoms with Crippen molar-refractivity contribution < 1.29 is 0 Å². The molecule has 4 heteroatoms. The van der Waals surface area contributed by atoms with Crippen LogP contribution in [0.1, 0.15) is 55.2 Å². The van der Waals surface area contributed by atoms with Crippen LogP contribution in [-0.4, -0.2) is 15.0 Å². The monoisotopic (exact) mass is 746 g/mol. The molecular weight excluding hydrogens is 705 g/mol. The molecule has 58 heavy (non-hydrogen) atoms. The zero-order valence-corrected chi connectivity index (χ0v) is 32.4. The number of nitriles is 1. The van der Waals surface area contributed by atoms with Gasteiger partial charge in [0.15, 0.2) is 17.5 Å². The molecule has 4 aliphatic carbocycles. The molecule has 1 heterocycles. The Balaban J connectivity index is 0.865. The highest BCUT2D eigenvalue weighted by Gasteiger charge is 2.58. The Kier molecular flexibility index (Phi) is 8.19. The Labute approximate surface area is 340 Å². The predicted molar refractivity (Wildman–Crippen MR) is 234 cm³/mol. The van der Waals surface area contributed by atoms with Gasteiger partial charge in [0.05, 0.1) is 11.6 Å². The van der Waals surface area contributed by atoms with Gasteiger partial charge in [-0.2, -0.15) is 5.26 Å². The van der Waals surface area contributed by atoms with Crippen LogP contribution in [0.4, 0.5) is 0 Å². The van der Waals surface area contributed by atoms with Crippen molar-refractivity contribution in [2.75, 3.05) is 0 Å². The summed E-state index contributed by atoms with van der Waals surface area (Å²) in [7, 11) is 0. The van der Waals surface area contributed by atoms with Gasteiger partial charge in [0.1, 0.15) is 0 Å². The van der Waals surface area contributed by atoms with Crippen LogP contribution < -0.4 is 0 Å². The summed E-state index contributed by atoms with van der Waals surface area (Å²) in [4.78, 5) is 14.7. The molecule has 2 atom stereocenters. The van der Waals surface area contributed by atoms with Gasteiger partial charge >= 0.3 is 0 Å². The van der Waals surface area contributed by atoms with Crippen molar-refractivity contribution in [3.63, 3.8) is 0 Å². The molecule has 0 aliphatic heterocycles. The Bertz CT molecular complexity index is 2770. The molecule has 2 unspecified atom stereocenters. The zero-order valence-electron chi connectivity index (χ0n) is 32.4. The van der Waals surface area contributed by atoms with E-state index in [1.54, 1.807) is 0 Å². The van der Waals surface area contributed by atoms with E-state index in [1.807, 2.05) is 72.8 Å². The van der Waals surface area contributed by atoms with Gasteiger partial charge < -0.3 is 0 Å². The van der Waals surface area contributed by atoms with Gasteiger partial charge in [0, 0.05) is 22.1 Å². The van der Waals surface area contributed by atoms with Gasteiger partial charge in [-0.15, -0.1) is 0 Å². The molecule has 4 nitrogen and oxygen atoms in total. The van der Waals surface area contributed by atoms with Gasteiger partial charge in [-0.05, 0) is 106 Å². The minimum absolute atomic E-state index is 0.222. The largest absolute Gasteiger partial charge is 0.208 e. The first kappa shape index (κ1) is 34.5. The molecule has 278 valence electrons. The van der Waals surface area contributed by atoms with Crippen LogP contribution in [0, 0.1) is 23.2 Å². The Morgan fingerprint density at radius 3 is 1.33 bits per heavy atom. The molecule has 8 aromatic rings. The highest BCUT2D eigenvalue weighted by Crippen LogP contribution is 2.66. The SMILES string of the molecule is N#Cc1ccc(-c2ccc(C34CC5CC(CC(c6ccc(-c7ccc(-c8nc(-c9ccccc9)nc(-c9ccccc9)n8)cc7)cc6)(C5)C3)C4)cc2)c2ccccc12. The van der Waals surface area contributed by atoms with Crippen molar-refractivity contribution in [2.24, 2.45) is 11.8 Å². The summed E-state index contributed by atoms with van der Waals surface area (Å²) in [6.07, 6.45) is 7.81. The van der Waals surface area contributed by atoms with Crippen molar-refractivity contribution in [1.29, 1.82) is 5.26 Å². The van der Waals surface area contributed by atoms with Crippen LogP contribution in [-0.2, 0) is 10.8 Å². The Morgan fingerprint density at radius 1 is 0.414 bits per heavy atom. The van der Waals surface area contributed by atoms with Gasteiger partial charge in [-0.25, -0.2) is 15.0 Å². The van der Waals surface area contributed by atoms with Crippen molar-refractivity contribution >= 4 is 10.8 Å². The van der Waals surface area contributed by atoms with Gasteiger partial charge in [-0.3, -0.25) is 0 Å². The van der Waals surface area contributed by atoms with Crippen LogP contribution in [0.15, 0.2) is 170 Å². The third kappa shape index (κ3) is 5.93. The topological polar surface area (TPSA) is 62.5 Å². The molecule has 4 aliphatic rings. The van der Waals surface area contributed by atoms with Crippen LogP contribution in [0.2, 0.25) is 0 Å². The third-order valence-electron chi connectivity index (χ3n) is 13.6. The van der Waals surface area contributed by atoms with E-state index in [0.29, 0.717) is 17.5 Å². The number of aromatic nitrogens is 3. The first-order valence-corrected chi connectivity index (χ1v) is 20.7. The van der Waals surface area contributed by atoms with Gasteiger partial charge in [0.25, 0.3) is 0 Å². The molecule has 4 fully saturated rings. The third-order valence-corrected chi connectivity index (χ3v) is 13.6. The van der Waals surface area contributed by atoms with E-state index in [-0.39, 0.29) is 10.8 Å². The lowest BCUT2D eigenvalue weighted by Crippen LogP contribution is -2.55. The molecule has 0 amide bonds. The first-order valence-electron chi connectivity index (χ1n) is 20.7. The van der Waals surface area contributed by atoms with Crippen molar-refractivity contribution in [1.82, 2.24) is 15.0 Å². The summed E-state index contributed by atoms with van der Waals surface area (Å²) < 4.78 is 0. The van der Waals surface area contributed by atoms with Crippen molar-refractivity contribution in [3.05, 3.63) is 187 Å². The van der Waals surface area contributed by atoms with Crippen LogP contribution in [0.5, 0.6) is 0 Å². The van der Waals surface area contributed by atoms with Gasteiger partial charge in [0.2, 0.25) is 0 Å². The maximum Gasteiger partial charge on any atom is 0.164 e. The number of nitrogens with zero attached hydrogens (tertiary/aromatic N) is 4. The van der Waals surface area contributed by atoms with Crippen LogP contribution in [0.25, 0.3) is 67.2 Å². The molecule has 4 bridgehead atoms. The van der Waals surface area contributed by atoms with E-state index in [1.165, 1.54) is 71.9 Å². The second-order valence-corrected chi connectivity index (χ2v) is 17.1. The Morgan fingerprint density at radius 2 is 0.828 bits per heavy atom. The lowest BCUT2D eigenvalue weighted by molar-refractivity contribution is -0.0281. The minimum atomic E-state index is 0.222. The van der Waals surface area contributed by atoms with E-state index in [9.17, 15) is 5.26 Å². The average molecular weight is 747 g/mol. The van der Waals surface area contributed by atoms with Gasteiger partial charge in [-0.1, -0.05) is 164 Å². The second kappa shape index (κ2) is 13.7. The number of rotatable bonds is 7. The van der Waals surface area contributed by atoms with Crippen LogP contribution in [0.3, 0.4) is 0 Å². The number of hydrogen-bond acceptors (Lipinski definition) is 4. The fourth-order valence-corrected chi connectivity index (χ4v) is 11.4. The normalized spacial score (nSPS) is 21.8. The maximum atomic E-state index is 9.71. The van der Waals surface area contributed by atoms with Crippen molar-refractivity contribution in [2.45, 2.75) is 49.4 Å². The highest BCUT2D eigenvalue weighted by molar-refractivity contribution is 5.99. The molecule has 0 radical (unpaired) electrons. The Hall–Kier alpha value is -6.70. The maximum absolute atomic E-state index is 9.71. The summed E-state index contributed by atoms with van der Waals surface area (Å²) in [5.41, 5.74) is 11.9. The lowest BCUT2D eigenvalue weighted by Gasteiger charge is -2.63. The molecule has 0 saturated heterocycles. The molecule has 0 N–H and O–H groups in total. The molecule has 4 saturated carbocycles. The van der Waals surface area contributed by atoms with E-state index in [2.05, 4.69) is 103 Å². The summed E-state index contributed by atoms with van der Waals surface area (Å²) in [5.74, 6) is 3.56. The summed E-state index contributed by atoms with van der Waals surface area (Å²) in [5, 5.41) is 11.9. The number of hydrogen-bond donors (Lipinski definition) is 0. The lowest BCUT2D eigenvalue weighted by atomic mass is 9.41. The summed E-state index contributed by atoms with van der Waals surface area (Å²) in [6, 6.07) is 62.8. The fourth-order valence-electron chi connectivity index (χ4n) is 11.4. The smallest absolute Gasteiger partial charge is 0.164 e. The number of fused-ring (bicyclic) bond motifs is 1. The standard InChI is InChI=1S/C54H42N4/c55-34-44-23-28-48(49-14-8-7-13-47(44)49)40-21-26-46(27-22-40)54-32-36-29-37(33-54)31-53(30-36,35-54)45-24-19-39(20-25-45)38-15-17-43(18-16-38)52-57-50(41-9-3-1-4-10-41)56-51(58-52)42-11-5-2-6-12-42/h1-28,36-37H,29-33,35H2. The summed E-state index contributed by atoms with van der Waals surface area (Å²) in [6.45, 7) is 0. The fraction of sp³-hybridized carbons (Fsp3) is 0.185. The van der Waals surface area contributed by atoms with E-state index in [4.69, 9.17) is 15.0 Å². The van der Waals surface area contributed by atoms with Crippen molar-refractivity contribution in [3.8, 4) is 62.5 Å². The average Bonchev–Trinajstić information content (AvgIpc) is 3.29. The number of benzene rings is 7. The predicted octanol–water partition coefficient (Wildman–Crippen LogP) is 13.0. The van der Waals surface area contributed by atoms with E-state index >= 15 is 0 Å². The molecule has 12 rings (SSSR count). The second-order valence-electron chi connectivity index (χ2n) is 17.1. The van der Waals surface area contributed by atoms with E-state index < -0.39 is 0 Å². The minimum Gasteiger partial charge on any atom is -0.208 e. The first-order chi connectivity index (χ1) is 28.5.